The molecule has 0 spiro atoms. The highest BCUT2D eigenvalue weighted by atomic mass is 35.5. The number of nitrogens with zero attached hydrogens (tertiary/aromatic N) is 2. The SMILES string of the molecule is CN(C)S(=O)(=O)c1cc(C(=O)NCc2ccc(Oc3ccc(F)cc3)nc2)ccc1Cl. The number of pyridine rings is 1. The van der Waals surface area contributed by atoms with Gasteiger partial charge < -0.3 is 10.1 Å². The van der Waals surface area contributed by atoms with E-state index in [1.807, 2.05) is 0 Å². The molecule has 1 amide bonds. The highest BCUT2D eigenvalue weighted by molar-refractivity contribution is 7.89. The van der Waals surface area contributed by atoms with Crippen molar-refractivity contribution in [1.29, 1.82) is 0 Å². The van der Waals surface area contributed by atoms with Crippen LogP contribution in [-0.4, -0.2) is 37.7 Å². The highest BCUT2D eigenvalue weighted by Crippen LogP contribution is 2.25. The van der Waals surface area contributed by atoms with E-state index in [1.165, 1.54) is 62.8 Å². The molecule has 1 N–H and O–H groups in total. The lowest BCUT2D eigenvalue weighted by Crippen LogP contribution is -2.25. The van der Waals surface area contributed by atoms with Crippen LogP contribution in [0.15, 0.2) is 65.7 Å². The number of carbonyl (C=O) groups excluding carboxylic acids is 1. The van der Waals surface area contributed by atoms with Crippen molar-refractivity contribution in [2.24, 2.45) is 0 Å². The number of ether oxygens (including phenoxy) is 1. The van der Waals surface area contributed by atoms with Crippen LogP contribution >= 0.6 is 11.6 Å². The summed E-state index contributed by atoms with van der Waals surface area (Å²) in [7, 11) is -1.02. The molecule has 1 aromatic heterocycles. The average Bonchev–Trinajstić information content (AvgIpc) is 2.74. The van der Waals surface area contributed by atoms with Gasteiger partial charge in [-0.25, -0.2) is 22.1 Å². The molecule has 0 fully saturated rings. The number of sulfonamides is 1. The van der Waals surface area contributed by atoms with Gasteiger partial charge in [-0.1, -0.05) is 17.7 Å². The first kappa shape index (κ1) is 22.7. The lowest BCUT2D eigenvalue weighted by atomic mass is 10.2. The van der Waals surface area contributed by atoms with Crippen molar-refractivity contribution in [3.8, 4) is 11.6 Å². The van der Waals surface area contributed by atoms with Crippen LogP contribution in [0.1, 0.15) is 15.9 Å². The lowest BCUT2D eigenvalue weighted by molar-refractivity contribution is 0.0950. The van der Waals surface area contributed by atoms with E-state index in [-0.39, 0.29) is 27.8 Å². The van der Waals surface area contributed by atoms with E-state index in [1.54, 1.807) is 12.1 Å². The van der Waals surface area contributed by atoms with Crippen LogP contribution < -0.4 is 10.1 Å². The van der Waals surface area contributed by atoms with E-state index in [9.17, 15) is 17.6 Å². The fraction of sp³-hybridized carbons (Fsp3) is 0.143. The van der Waals surface area contributed by atoms with Gasteiger partial charge in [0.2, 0.25) is 15.9 Å². The van der Waals surface area contributed by atoms with Crippen LogP contribution in [0.2, 0.25) is 5.02 Å². The molecule has 7 nitrogen and oxygen atoms in total. The largest absolute Gasteiger partial charge is 0.439 e. The topological polar surface area (TPSA) is 88.6 Å². The number of nitrogens with one attached hydrogen (secondary N) is 1. The summed E-state index contributed by atoms with van der Waals surface area (Å²) in [6, 6.07) is 12.9. The van der Waals surface area contributed by atoms with Crippen LogP contribution in [0, 0.1) is 5.82 Å². The zero-order valence-corrected chi connectivity index (χ0v) is 18.2. The second-order valence-electron chi connectivity index (χ2n) is 6.68. The third-order valence-corrected chi connectivity index (χ3v) is 6.54. The van der Waals surface area contributed by atoms with E-state index in [0.29, 0.717) is 17.2 Å². The molecule has 3 rings (SSSR count). The first-order valence-electron chi connectivity index (χ1n) is 9.05. The Morgan fingerprint density at radius 2 is 1.84 bits per heavy atom. The molecule has 10 heteroatoms. The summed E-state index contributed by atoms with van der Waals surface area (Å²) < 4.78 is 44.2. The van der Waals surface area contributed by atoms with E-state index < -0.39 is 15.9 Å². The Balaban J connectivity index is 1.65. The second kappa shape index (κ2) is 9.42. The maximum atomic E-state index is 12.9. The molecule has 1 heterocycles. The van der Waals surface area contributed by atoms with E-state index >= 15 is 0 Å². The van der Waals surface area contributed by atoms with Crippen molar-refractivity contribution in [3.63, 3.8) is 0 Å². The Labute approximate surface area is 184 Å². The minimum atomic E-state index is -3.79. The molecule has 0 aliphatic carbocycles. The number of carbonyl (C=O) groups is 1. The zero-order valence-electron chi connectivity index (χ0n) is 16.7. The normalized spacial score (nSPS) is 11.4. The Morgan fingerprint density at radius 1 is 1.13 bits per heavy atom. The number of hydrogen-bond donors (Lipinski definition) is 1. The monoisotopic (exact) mass is 463 g/mol. The van der Waals surface area contributed by atoms with Gasteiger partial charge in [-0.3, -0.25) is 4.79 Å². The molecule has 2 aromatic carbocycles. The summed E-state index contributed by atoms with van der Waals surface area (Å²) >= 11 is 6.01. The third-order valence-electron chi connectivity index (χ3n) is 4.24. The molecule has 0 bridgehead atoms. The zero-order chi connectivity index (χ0) is 22.6. The number of halogens is 2. The highest BCUT2D eigenvalue weighted by Gasteiger charge is 2.22. The van der Waals surface area contributed by atoms with Gasteiger partial charge in [0.25, 0.3) is 5.91 Å². The van der Waals surface area contributed by atoms with E-state index in [2.05, 4.69) is 10.3 Å². The molecule has 0 atom stereocenters. The average molecular weight is 464 g/mol. The quantitative estimate of drug-likeness (QED) is 0.575. The number of benzene rings is 2. The smallest absolute Gasteiger partial charge is 0.251 e. The van der Waals surface area contributed by atoms with Crippen molar-refractivity contribution in [1.82, 2.24) is 14.6 Å². The molecule has 0 aliphatic heterocycles. The summed E-state index contributed by atoms with van der Waals surface area (Å²) in [4.78, 5) is 16.5. The predicted molar refractivity (Wildman–Crippen MR) is 114 cm³/mol. The van der Waals surface area contributed by atoms with E-state index in [4.69, 9.17) is 16.3 Å². The molecule has 0 radical (unpaired) electrons. The summed E-state index contributed by atoms with van der Waals surface area (Å²) in [5.74, 6) is -0.0591. The van der Waals surface area contributed by atoms with Crippen molar-refractivity contribution < 1.29 is 22.3 Å². The van der Waals surface area contributed by atoms with Crippen molar-refractivity contribution in [2.45, 2.75) is 11.4 Å². The van der Waals surface area contributed by atoms with Crippen LogP contribution in [0.4, 0.5) is 4.39 Å². The lowest BCUT2D eigenvalue weighted by Gasteiger charge is -2.14. The molecular formula is C21H19ClFN3O4S. The number of rotatable bonds is 7. The molecule has 0 aliphatic rings. The molecule has 0 unspecified atom stereocenters. The van der Waals surface area contributed by atoms with Crippen LogP contribution in [-0.2, 0) is 16.6 Å². The van der Waals surface area contributed by atoms with Crippen LogP contribution in [0.5, 0.6) is 11.6 Å². The number of amides is 1. The van der Waals surface area contributed by atoms with Crippen molar-refractivity contribution >= 4 is 27.5 Å². The Bertz CT molecular complexity index is 1180. The Morgan fingerprint density at radius 3 is 2.45 bits per heavy atom. The standard InChI is InChI=1S/C21H19ClFN3O4S/c1-26(2)31(28,29)19-11-15(4-9-18(19)22)21(27)25-13-14-3-10-20(24-12-14)30-17-7-5-16(23)6-8-17/h3-12H,13H2,1-2H3,(H,25,27). The van der Waals surface area contributed by atoms with Gasteiger partial charge >= 0.3 is 0 Å². The van der Waals surface area contributed by atoms with Gasteiger partial charge in [-0.2, -0.15) is 0 Å². The minimum Gasteiger partial charge on any atom is -0.439 e. The molecule has 0 saturated carbocycles. The summed E-state index contributed by atoms with van der Waals surface area (Å²) in [6.45, 7) is 0.168. The minimum absolute atomic E-state index is 0.0335. The van der Waals surface area contributed by atoms with Gasteiger partial charge in [-0.15, -0.1) is 0 Å². The van der Waals surface area contributed by atoms with Crippen LogP contribution in [0.3, 0.4) is 0 Å². The third kappa shape index (κ3) is 5.57. The molecule has 162 valence electrons. The first-order chi connectivity index (χ1) is 14.7. The van der Waals surface area contributed by atoms with Gasteiger partial charge in [0, 0.05) is 38.5 Å². The fourth-order valence-corrected chi connectivity index (χ4v) is 3.92. The second-order valence-corrected chi connectivity index (χ2v) is 9.20. The molecular weight excluding hydrogens is 445 g/mol. The molecule has 31 heavy (non-hydrogen) atoms. The summed E-state index contributed by atoms with van der Waals surface area (Å²) in [5.41, 5.74) is 0.865. The predicted octanol–water partition coefficient (Wildman–Crippen LogP) is 3.85. The molecule has 0 saturated heterocycles. The van der Waals surface area contributed by atoms with Gasteiger partial charge in [0.1, 0.15) is 16.5 Å². The van der Waals surface area contributed by atoms with Crippen LogP contribution in [0.25, 0.3) is 0 Å². The number of hydrogen-bond acceptors (Lipinski definition) is 5. The molecule has 3 aromatic rings. The van der Waals surface area contributed by atoms with Crippen molar-refractivity contribution in [2.75, 3.05) is 14.1 Å². The van der Waals surface area contributed by atoms with Gasteiger partial charge in [0.05, 0.1) is 5.02 Å². The van der Waals surface area contributed by atoms with Gasteiger partial charge in [-0.05, 0) is 48.0 Å². The maximum Gasteiger partial charge on any atom is 0.251 e. The summed E-state index contributed by atoms with van der Waals surface area (Å²) in [5, 5.41) is 2.74. The Kier molecular flexibility index (Phi) is 6.89. The summed E-state index contributed by atoms with van der Waals surface area (Å²) in [6.07, 6.45) is 1.53. The Hall–Kier alpha value is -3.01. The maximum absolute atomic E-state index is 12.9. The van der Waals surface area contributed by atoms with Gasteiger partial charge in [0.15, 0.2) is 0 Å². The first-order valence-corrected chi connectivity index (χ1v) is 10.9. The number of aromatic nitrogens is 1. The van der Waals surface area contributed by atoms with Crippen molar-refractivity contribution in [3.05, 3.63) is 82.8 Å². The fourth-order valence-electron chi connectivity index (χ4n) is 2.52. The van der Waals surface area contributed by atoms with E-state index in [0.717, 1.165) is 4.31 Å².